The van der Waals surface area contributed by atoms with Gasteiger partial charge < -0.3 is 4.90 Å². The van der Waals surface area contributed by atoms with E-state index >= 15 is 0 Å². The van der Waals surface area contributed by atoms with E-state index in [0.29, 0.717) is 16.3 Å². The maximum absolute atomic E-state index is 13.3. The van der Waals surface area contributed by atoms with Gasteiger partial charge in [0.2, 0.25) is 0 Å². The minimum atomic E-state index is -4.50. The fourth-order valence-electron chi connectivity index (χ4n) is 4.25. The number of urea groups is 1. The number of carbonyl (C=O) groups is 2. The van der Waals surface area contributed by atoms with E-state index in [1.54, 1.807) is 30.3 Å². The standard InChI is InChI=1S/C23H24ClF3N4O2/c24-18-7-9-19(10-8-18)31-20(16-5-4-6-17(13-16)23(25,26)27)14-29(22(31)33)15-21(32)28-30-11-2-1-3-12-30/h4-10,13,20H,1-3,11-12,14-15H2,(H,28,32). The summed E-state index contributed by atoms with van der Waals surface area (Å²) in [6.07, 6.45) is -1.40. The highest BCUT2D eigenvalue weighted by Crippen LogP contribution is 2.37. The maximum Gasteiger partial charge on any atom is 0.416 e. The van der Waals surface area contributed by atoms with Crippen LogP contribution < -0.4 is 10.3 Å². The molecule has 1 N–H and O–H groups in total. The van der Waals surface area contributed by atoms with Crippen molar-refractivity contribution in [1.82, 2.24) is 15.3 Å². The van der Waals surface area contributed by atoms with Crippen molar-refractivity contribution in [2.45, 2.75) is 31.5 Å². The Morgan fingerprint density at radius 1 is 1.06 bits per heavy atom. The van der Waals surface area contributed by atoms with Gasteiger partial charge in [-0.25, -0.2) is 9.80 Å². The summed E-state index contributed by atoms with van der Waals surface area (Å²) in [5.41, 5.74) is 2.87. The number of halogens is 4. The highest BCUT2D eigenvalue weighted by molar-refractivity contribution is 6.30. The van der Waals surface area contributed by atoms with Crippen molar-refractivity contribution in [2.75, 3.05) is 31.1 Å². The molecule has 2 fully saturated rings. The molecule has 0 spiro atoms. The summed E-state index contributed by atoms with van der Waals surface area (Å²) in [4.78, 5) is 28.7. The van der Waals surface area contributed by atoms with Crippen molar-refractivity contribution in [2.24, 2.45) is 0 Å². The van der Waals surface area contributed by atoms with Crippen LogP contribution in [0.4, 0.5) is 23.7 Å². The highest BCUT2D eigenvalue weighted by Gasteiger charge is 2.41. The van der Waals surface area contributed by atoms with E-state index in [2.05, 4.69) is 5.43 Å². The summed E-state index contributed by atoms with van der Waals surface area (Å²) >= 11 is 5.97. The van der Waals surface area contributed by atoms with E-state index in [1.165, 1.54) is 15.9 Å². The molecule has 2 saturated heterocycles. The SMILES string of the molecule is O=C(CN1CC(c2cccc(C(F)(F)F)c2)N(c2ccc(Cl)cc2)C1=O)NN1CCCCC1. The van der Waals surface area contributed by atoms with Gasteiger partial charge in [-0.3, -0.25) is 15.1 Å². The van der Waals surface area contributed by atoms with Gasteiger partial charge in [0, 0.05) is 30.3 Å². The van der Waals surface area contributed by atoms with E-state index in [4.69, 9.17) is 11.6 Å². The fourth-order valence-corrected chi connectivity index (χ4v) is 4.37. The number of carbonyl (C=O) groups excluding carboxylic acids is 2. The van der Waals surface area contributed by atoms with E-state index in [9.17, 15) is 22.8 Å². The van der Waals surface area contributed by atoms with Gasteiger partial charge in [0.25, 0.3) is 5.91 Å². The zero-order valence-electron chi connectivity index (χ0n) is 17.8. The van der Waals surface area contributed by atoms with Crippen LogP contribution in [0.5, 0.6) is 0 Å². The van der Waals surface area contributed by atoms with Crippen LogP contribution in [-0.4, -0.2) is 48.0 Å². The van der Waals surface area contributed by atoms with Crippen molar-refractivity contribution < 1.29 is 22.8 Å². The second kappa shape index (κ2) is 9.61. The Bertz CT molecular complexity index is 1010. The molecule has 176 valence electrons. The molecule has 33 heavy (non-hydrogen) atoms. The maximum atomic E-state index is 13.3. The smallest absolute Gasteiger partial charge is 0.313 e. The van der Waals surface area contributed by atoms with Crippen LogP contribution in [-0.2, 0) is 11.0 Å². The number of piperidine rings is 1. The number of hydrogen-bond acceptors (Lipinski definition) is 3. The molecule has 1 unspecified atom stereocenters. The summed E-state index contributed by atoms with van der Waals surface area (Å²) in [6.45, 7) is 1.40. The molecule has 6 nitrogen and oxygen atoms in total. The van der Waals surface area contributed by atoms with Gasteiger partial charge in [-0.2, -0.15) is 13.2 Å². The summed E-state index contributed by atoms with van der Waals surface area (Å²) in [5.74, 6) is -0.328. The van der Waals surface area contributed by atoms with Gasteiger partial charge >= 0.3 is 12.2 Å². The van der Waals surface area contributed by atoms with Gasteiger partial charge in [0.1, 0.15) is 6.54 Å². The van der Waals surface area contributed by atoms with Crippen molar-refractivity contribution in [3.8, 4) is 0 Å². The predicted octanol–water partition coefficient (Wildman–Crippen LogP) is 4.86. The number of amides is 3. The molecule has 0 bridgehead atoms. The van der Waals surface area contributed by atoms with Crippen molar-refractivity contribution in [3.05, 3.63) is 64.7 Å². The topological polar surface area (TPSA) is 55.9 Å². The van der Waals surface area contributed by atoms with E-state index in [0.717, 1.165) is 44.5 Å². The first-order chi connectivity index (χ1) is 15.7. The quantitative estimate of drug-likeness (QED) is 0.665. The second-order valence-corrected chi connectivity index (χ2v) is 8.67. The van der Waals surface area contributed by atoms with Crippen LogP contribution >= 0.6 is 11.6 Å². The van der Waals surface area contributed by atoms with Crippen LogP contribution in [0.15, 0.2) is 48.5 Å². The second-order valence-electron chi connectivity index (χ2n) is 8.23. The van der Waals surface area contributed by atoms with Crippen LogP contribution in [0.25, 0.3) is 0 Å². The molecule has 0 aromatic heterocycles. The monoisotopic (exact) mass is 480 g/mol. The van der Waals surface area contributed by atoms with Gasteiger partial charge in [-0.15, -0.1) is 0 Å². The molecule has 2 aromatic rings. The summed E-state index contributed by atoms with van der Waals surface area (Å²) in [5, 5.41) is 2.31. The molecule has 2 aliphatic heterocycles. The Hall–Kier alpha value is -2.78. The molecule has 0 radical (unpaired) electrons. The zero-order valence-corrected chi connectivity index (χ0v) is 18.6. The van der Waals surface area contributed by atoms with E-state index in [1.807, 2.05) is 5.01 Å². The molecular weight excluding hydrogens is 457 g/mol. The molecule has 4 rings (SSSR count). The van der Waals surface area contributed by atoms with Gasteiger partial charge in [0.15, 0.2) is 0 Å². The normalized spacial score (nSPS) is 19.8. The minimum absolute atomic E-state index is 0.0796. The van der Waals surface area contributed by atoms with Gasteiger partial charge in [0.05, 0.1) is 11.6 Å². The van der Waals surface area contributed by atoms with E-state index in [-0.39, 0.29) is 19.0 Å². The van der Waals surface area contributed by atoms with Crippen LogP contribution in [0.1, 0.15) is 36.4 Å². The molecule has 2 aromatic carbocycles. The number of anilines is 1. The third kappa shape index (κ3) is 5.42. The van der Waals surface area contributed by atoms with Gasteiger partial charge in [-0.1, -0.05) is 30.2 Å². The Balaban J connectivity index is 1.59. The molecule has 10 heteroatoms. The lowest BCUT2D eigenvalue weighted by atomic mass is 10.0. The Morgan fingerprint density at radius 2 is 1.76 bits per heavy atom. The predicted molar refractivity (Wildman–Crippen MR) is 119 cm³/mol. The number of nitrogens with one attached hydrogen (secondary N) is 1. The van der Waals surface area contributed by atoms with Crippen LogP contribution in [0, 0.1) is 0 Å². The molecule has 1 atom stereocenters. The molecule has 2 aliphatic rings. The average Bonchev–Trinajstić information content (AvgIpc) is 3.10. The van der Waals surface area contributed by atoms with Crippen LogP contribution in [0.2, 0.25) is 5.02 Å². The van der Waals surface area contributed by atoms with Crippen molar-refractivity contribution >= 4 is 29.2 Å². The lowest BCUT2D eigenvalue weighted by Gasteiger charge is -2.27. The third-order valence-corrected chi connectivity index (χ3v) is 6.11. The summed E-state index contributed by atoms with van der Waals surface area (Å²) in [6, 6.07) is 10.3. The number of nitrogens with zero attached hydrogens (tertiary/aromatic N) is 3. The first-order valence-corrected chi connectivity index (χ1v) is 11.2. The lowest BCUT2D eigenvalue weighted by molar-refractivity contribution is -0.137. The largest absolute Gasteiger partial charge is 0.416 e. The summed E-state index contributed by atoms with van der Waals surface area (Å²) in [7, 11) is 0. The molecular formula is C23H24ClF3N4O2. The number of hydrogen-bond donors (Lipinski definition) is 1. The average molecular weight is 481 g/mol. The zero-order chi connectivity index (χ0) is 23.6. The Kier molecular flexibility index (Phi) is 6.81. The van der Waals surface area contributed by atoms with Crippen LogP contribution in [0.3, 0.4) is 0 Å². The number of benzene rings is 2. The molecule has 0 saturated carbocycles. The minimum Gasteiger partial charge on any atom is -0.313 e. The van der Waals surface area contributed by atoms with Crippen molar-refractivity contribution in [1.29, 1.82) is 0 Å². The van der Waals surface area contributed by atoms with E-state index < -0.39 is 23.8 Å². The Morgan fingerprint density at radius 3 is 2.42 bits per heavy atom. The summed E-state index contributed by atoms with van der Waals surface area (Å²) < 4.78 is 39.9. The highest BCUT2D eigenvalue weighted by atomic mass is 35.5. The molecule has 0 aliphatic carbocycles. The van der Waals surface area contributed by atoms with Gasteiger partial charge in [-0.05, 0) is 54.8 Å². The lowest BCUT2D eigenvalue weighted by Crippen LogP contribution is -2.49. The Labute approximate surface area is 194 Å². The number of rotatable bonds is 5. The fraction of sp³-hybridized carbons (Fsp3) is 0.391. The first-order valence-electron chi connectivity index (χ1n) is 10.8. The number of alkyl halides is 3. The first kappa shape index (κ1) is 23.4. The molecule has 3 amide bonds. The van der Waals surface area contributed by atoms with Crippen molar-refractivity contribution in [3.63, 3.8) is 0 Å². The number of hydrazine groups is 1. The molecule has 2 heterocycles. The third-order valence-electron chi connectivity index (χ3n) is 5.86.